The largest absolute Gasteiger partial charge is 0.416 e. The Morgan fingerprint density at radius 3 is 2.02 bits per heavy atom. The molecule has 2 N–H and O–H groups in total. The predicted molar refractivity (Wildman–Crippen MR) is 174 cm³/mol. The summed E-state index contributed by atoms with van der Waals surface area (Å²) in [5, 5.41) is 0. The molecular formula is C37H40F5N3O2. The molecule has 1 amide bonds. The van der Waals surface area contributed by atoms with Gasteiger partial charge in [-0.05, 0) is 86.7 Å². The lowest BCUT2D eigenvalue weighted by Crippen LogP contribution is -2.52. The van der Waals surface area contributed by atoms with Gasteiger partial charge in [0.05, 0.1) is 5.56 Å². The molecule has 3 aromatic carbocycles. The molecule has 1 atom stereocenters. The third-order valence-corrected chi connectivity index (χ3v) is 9.13. The second-order valence-electron chi connectivity index (χ2n) is 11.9. The van der Waals surface area contributed by atoms with E-state index in [1.807, 2.05) is 30.5 Å². The second kappa shape index (κ2) is 14.6. The van der Waals surface area contributed by atoms with Gasteiger partial charge >= 0.3 is 6.18 Å². The van der Waals surface area contributed by atoms with Crippen molar-refractivity contribution >= 4 is 5.91 Å². The molecule has 1 unspecified atom stereocenters. The van der Waals surface area contributed by atoms with E-state index < -0.39 is 34.8 Å². The van der Waals surface area contributed by atoms with Gasteiger partial charge in [-0.25, -0.2) is 8.78 Å². The van der Waals surface area contributed by atoms with Crippen LogP contribution in [0.4, 0.5) is 22.0 Å². The lowest BCUT2D eigenvalue weighted by Gasteiger charge is -2.39. The van der Waals surface area contributed by atoms with Crippen molar-refractivity contribution in [2.75, 3.05) is 19.6 Å². The summed E-state index contributed by atoms with van der Waals surface area (Å²) in [6, 6.07) is 17.5. The molecule has 0 bridgehead atoms. The van der Waals surface area contributed by atoms with Crippen molar-refractivity contribution in [3.05, 3.63) is 128 Å². The standard InChI is InChI=1S/C37H40F5N3O2/c1-5-44(6-2)21-20-36(35(43)47,23-26-10-12-27(13-11-26)28-14-17-30(18-15-28)37(40,41)42)45-25(4)24(3)33(46)22-31(45)19-16-29-8-7-9-32(38)34(29)39/h7-15,17-18,22H,5-6,16,19-21,23H2,1-4H3,(H2,43,47). The maximum absolute atomic E-state index is 14.6. The molecule has 5 nitrogen and oxygen atoms in total. The molecule has 0 radical (unpaired) electrons. The lowest BCUT2D eigenvalue weighted by molar-refractivity contribution is -0.137. The third kappa shape index (κ3) is 7.81. The van der Waals surface area contributed by atoms with Crippen LogP contribution in [-0.4, -0.2) is 35.0 Å². The molecule has 0 aliphatic carbocycles. The molecule has 0 spiro atoms. The van der Waals surface area contributed by atoms with Crippen molar-refractivity contribution in [3.8, 4) is 11.1 Å². The van der Waals surface area contributed by atoms with Crippen LogP contribution in [0, 0.1) is 25.5 Å². The first-order chi connectivity index (χ1) is 22.2. The summed E-state index contributed by atoms with van der Waals surface area (Å²) in [7, 11) is 0. The van der Waals surface area contributed by atoms with E-state index in [4.69, 9.17) is 5.73 Å². The van der Waals surface area contributed by atoms with E-state index in [9.17, 15) is 31.5 Å². The highest BCUT2D eigenvalue weighted by atomic mass is 19.4. The number of rotatable bonds is 13. The van der Waals surface area contributed by atoms with Gasteiger partial charge in [0, 0.05) is 36.0 Å². The van der Waals surface area contributed by atoms with Gasteiger partial charge in [-0.2, -0.15) is 13.2 Å². The first-order valence-electron chi connectivity index (χ1n) is 15.7. The molecule has 250 valence electrons. The van der Waals surface area contributed by atoms with Crippen molar-refractivity contribution in [3.63, 3.8) is 0 Å². The number of carbonyl (C=O) groups excluding carboxylic acids is 1. The minimum atomic E-state index is -4.44. The monoisotopic (exact) mass is 653 g/mol. The molecule has 1 aromatic heterocycles. The average Bonchev–Trinajstić information content (AvgIpc) is 3.04. The number of pyridine rings is 1. The van der Waals surface area contributed by atoms with Crippen molar-refractivity contribution in [1.29, 1.82) is 0 Å². The Bertz CT molecular complexity index is 1760. The Kier molecular flexibility index (Phi) is 11.1. The van der Waals surface area contributed by atoms with E-state index >= 15 is 0 Å². The van der Waals surface area contributed by atoms with Crippen molar-refractivity contribution in [2.45, 2.75) is 65.1 Å². The molecule has 0 fully saturated rings. The first-order valence-corrected chi connectivity index (χ1v) is 15.7. The number of halogens is 5. The minimum Gasteiger partial charge on any atom is -0.368 e. The number of aryl methyl sites for hydroxylation is 2. The summed E-state index contributed by atoms with van der Waals surface area (Å²) in [5.41, 5.74) is 7.64. The van der Waals surface area contributed by atoms with E-state index in [0.29, 0.717) is 41.0 Å². The van der Waals surface area contributed by atoms with Crippen LogP contribution < -0.4 is 11.2 Å². The highest BCUT2D eigenvalue weighted by Gasteiger charge is 2.41. The average molecular weight is 654 g/mol. The van der Waals surface area contributed by atoms with Crippen LogP contribution in [0.3, 0.4) is 0 Å². The van der Waals surface area contributed by atoms with Gasteiger partial charge in [0.1, 0.15) is 5.54 Å². The Morgan fingerprint density at radius 2 is 1.47 bits per heavy atom. The Labute approximate surface area is 271 Å². The second-order valence-corrected chi connectivity index (χ2v) is 11.9. The Morgan fingerprint density at radius 1 is 0.872 bits per heavy atom. The Balaban J connectivity index is 1.81. The molecule has 0 aliphatic rings. The molecular weight excluding hydrogens is 613 g/mol. The van der Waals surface area contributed by atoms with Crippen molar-refractivity contribution < 1.29 is 26.7 Å². The SMILES string of the molecule is CCN(CC)CCC(Cc1ccc(-c2ccc(C(F)(F)F)cc2)cc1)(C(N)=O)n1c(CCc2cccc(F)c2F)cc(=O)c(C)c1C. The van der Waals surface area contributed by atoms with Gasteiger partial charge in [0.15, 0.2) is 17.1 Å². The highest BCUT2D eigenvalue weighted by Crippen LogP contribution is 2.34. The topological polar surface area (TPSA) is 68.3 Å². The van der Waals surface area contributed by atoms with Crippen LogP contribution in [0.2, 0.25) is 0 Å². The maximum atomic E-state index is 14.6. The smallest absolute Gasteiger partial charge is 0.368 e. The molecule has 0 saturated carbocycles. The maximum Gasteiger partial charge on any atom is 0.416 e. The highest BCUT2D eigenvalue weighted by molar-refractivity contribution is 5.83. The van der Waals surface area contributed by atoms with Crippen LogP contribution in [0.1, 0.15) is 53.9 Å². The molecule has 4 aromatic rings. The summed E-state index contributed by atoms with van der Waals surface area (Å²) in [4.78, 5) is 29.0. The van der Waals surface area contributed by atoms with E-state index in [1.54, 1.807) is 26.0 Å². The number of alkyl halides is 3. The number of nitrogens with zero attached hydrogens (tertiary/aromatic N) is 2. The van der Waals surface area contributed by atoms with Crippen molar-refractivity contribution in [2.24, 2.45) is 5.73 Å². The van der Waals surface area contributed by atoms with Crippen LogP contribution in [0.15, 0.2) is 77.6 Å². The zero-order valence-electron chi connectivity index (χ0n) is 27.1. The van der Waals surface area contributed by atoms with E-state index in [1.165, 1.54) is 30.3 Å². The molecule has 0 saturated heterocycles. The number of amides is 1. The molecule has 1 heterocycles. The number of nitrogens with two attached hydrogens (primary N) is 1. The van der Waals surface area contributed by atoms with Gasteiger partial charge in [-0.3, -0.25) is 9.59 Å². The number of aromatic nitrogens is 1. The predicted octanol–water partition coefficient (Wildman–Crippen LogP) is 7.37. The molecule has 10 heteroatoms. The van der Waals surface area contributed by atoms with Crippen LogP contribution in [0.5, 0.6) is 0 Å². The fraction of sp³-hybridized carbons (Fsp3) is 0.351. The fourth-order valence-corrected chi connectivity index (χ4v) is 6.16. The van der Waals surface area contributed by atoms with Gasteiger partial charge < -0.3 is 15.2 Å². The third-order valence-electron chi connectivity index (χ3n) is 9.13. The normalized spacial score (nSPS) is 13.1. The summed E-state index contributed by atoms with van der Waals surface area (Å²) in [6.07, 6.45) is -3.76. The summed E-state index contributed by atoms with van der Waals surface area (Å²) in [5.74, 6) is -2.53. The van der Waals surface area contributed by atoms with Gasteiger partial charge in [-0.1, -0.05) is 62.4 Å². The zero-order chi connectivity index (χ0) is 34.5. The molecule has 47 heavy (non-hydrogen) atoms. The first kappa shape index (κ1) is 35.5. The minimum absolute atomic E-state index is 0.0816. The molecule has 0 aliphatic heterocycles. The summed E-state index contributed by atoms with van der Waals surface area (Å²) >= 11 is 0. The van der Waals surface area contributed by atoms with Crippen LogP contribution in [-0.2, 0) is 35.8 Å². The Hall–Kier alpha value is -4.31. The summed E-state index contributed by atoms with van der Waals surface area (Å²) < 4.78 is 69.7. The number of hydrogen-bond acceptors (Lipinski definition) is 3. The summed E-state index contributed by atoms with van der Waals surface area (Å²) in [6.45, 7) is 9.46. The van der Waals surface area contributed by atoms with Gasteiger partial charge in [0.2, 0.25) is 5.91 Å². The van der Waals surface area contributed by atoms with Crippen LogP contribution in [0.25, 0.3) is 11.1 Å². The van der Waals surface area contributed by atoms with Crippen molar-refractivity contribution in [1.82, 2.24) is 9.47 Å². The van der Waals surface area contributed by atoms with E-state index in [-0.39, 0.29) is 30.3 Å². The zero-order valence-corrected chi connectivity index (χ0v) is 27.1. The van der Waals surface area contributed by atoms with Gasteiger partial charge in [-0.15, -0.1) is 0 Å². The number of carbonyl (C=O) groups is 1. The number of benzene rings is 3. The fourth-order valence-electron chi connectivity index (χ4n) is 6.16. The van der Waals surface area contributed by atoms with Gasteiger partial charge in [0.25, 0.3) is 0 Å². The molecule has 4 rings (SSSR count). The van der Waals surface area contributed by atoms with E-state index in [2.05, 4.69) is 4.90 Å². The van der Waals surface area contributed by atoms with Crippen LogP contribution >= 0.6 is 0 Å². The number of primary amides is 1. The quantitative estimate of drug-likeness (QED) is 0.153. The van der Waals surface area contributed by atoms with E-state index in [0.717, 1.165) is 36.9 Å². The number of hydrogen-bond donors (Lipinski definition) is 1. The lowest BCUT2D eigenvalue weighted by atomic mass is 9.83.